The molecule has 0 aliphatic heterocycles. The highest BCUT2D eigenvalue weighted by atomic mass is 32.1. The number of para-hydroxylation sites is 1. The van der Waals surface area contributed by atoms with E-state index in [9.17, 15) is 4.79 Å². The standard InChI is InChI=1S/C17H15NO2S/c1-11-9-12(7-8-15(11)20-2)10-14(19)17-18-13-5-3-4-6-16(13)21-17/h3-9H,10H2,1-2H3. The Kier molecular flexibility index (Phi) is 3.71. The van der Waals surface area contributed by atoms with Crippen LogP contribution in [0.1, 0.15) is 20.9 Å². The van der Waals surface area contributed by atoms with E-state index in [2.05, 4.69) is 4.98 Å². The van der Waals surface area contributed by atoms with Crippen LogP contribution >= 0.6 is 11.3 Å². The molecule has 3 rings (SSSR count). The highest BCUT2D eigenvalue weighted by molar-refractivity contribution is 7.20. The van der Waals surface area contributed by atoms with Gasteiger partial charge in [0, 0.05) is 6.42 Å². The highest BCUT2D eigenvalue weighted by Crippen LogP contribution is 2.24. The number of thiazole rings is 1. The van der Waals surface area contributed by atoms with Gasteiger partial charge >= 0.3 is 0 Å². The number of aryl methyl sites for hydroxylation is 1. The van der Waals surface area contributed by atoms with E-state index in [4.69, 9.17) is 4.74 Å². The van der Waals surface area contributed by atoms with Crippen molar-refractivity contribution < 1.29 is 9.53 Å². The first kappa shape index (κ1) is 13.8. The number of methoxy groups -OCH3 is 1. The molecule has 3 aromatic rings. The number of aromatic nitrogens is 1. The van der Waals surface area contributed by atoms with Gasteiger partial charge in [-0.3, -0.25) is 4.79 Å². The Morgan fingerprint density at radius 2 is 2.05 bits per heavy atom. The third kappa shape index (κ3) is 2.81. The molecule has 0 amide bonds. The van der Waals surface area contributed by atoms with Crippen LogP contribution in [0, 0.1) is 6.92 Å². The summed E-state index contributed by atoms with van der Waals surface area (Å²) in [5, 5.41) is 0.574. The zero-order valence-corrected chi connectivity index (χ0v) is 12.7. The molecule has 0 atom stereocenters. The molecule has 0 aliphatic rings. The Morgan fingerprint density at radius 1 is 1.24 bits per heavy atom. The predicted octanol–water partition coefficient (Wildman–Crippen LogP) is 4.04. The molecule has 0 unspecified atom stereocenters. The Morgan fingerprint density at radius 3 is 2.76 bits per heavy atom. The highest BCUT2D eigenvalue weighted by Gasteiger charge is 2.13. The Balaban J connectivity index is 1.84. The fourth-order valence-corrected chi connectivity index (χ4v) is 3.21. The van der Waals surface area contributed by atoms with Gasteiger partial charge in [-0.1, -0.05) is 24.3 Å². The summed E-state index contributed by atoms with van der Waals surface area (Å²) >= 11 is 1.45. The number of hydrogen-bond donors (Lipinski definition) is 0. The maximum absolute atomic E-state index is 12.4. The lowest BCUT2D eigenvalue weighted by atomic mass is 10.1. The number of benzene rings is 2. The van der Waals surface area contributed by atoms with Crippen LogP contribution in [0.25, 0.3) is 10.2 Å². The number of carbonyl (C=O) groups excluding carboxylic acids is 1. The van der Waals surface area contributed by atoms with Gasteiger partial charge in [-0.25, -0.2) is 4.98 Å². The summed E-state index contributed by atoms with van der Waals surface area (Å²) in [5.74, 6) is 0.895. The molecule has 1 aromatic heterocycles. The number of fused-ring (bicyclic) bond motifs is 1. The van der Waals surface area contributed by atoms with Gasteiger partial charge in [0.2, 0.25) is 0 Å². The summed E-state index contributed by atoms with van der Waals surface area (Å²) in [6.07, 6.45) is 0.366. The van der Waals surface area contributed by atoms with Crippen LogP contribution in [-0.2, 0) is 6.42 Å². The predicted molar refractivity (Wildman–Crippen MR) is 85.4 cm³/mol. The minimum Gasteiger partial charge on any atom is -0.496 e. The third-order valence-corrected chi connectivity index (χ3v) is 4.43. The van der Waals surface area contributed by atoms with Crippen LogP contribution in [0.3, 0.4) is 0 Å². The van der Waals surface area contributed by atoms with Crippen molar-refractivity contribution in [3.8, 4) is 5.75 Å². The molecule has 0 aliphatic carbocycles. The smallest absolute Gasteiger partial charge is 0.195 e. The molecule has 0 fully saturated rings. The first-order valence-electron chi connectivity index (χ1n) is 6.69. The van der Waals surface area contributed by atoms with Crippen molar-refractivity contribution in [2.45, 2.75) is 13.3 Å². The largest absolute Gasteiger partial charge is 0.496 e. The number of ether oxygens (including phenoxy) is 1. The SMILES string of the molecule is COc1ccc(CC(=O)c2nc3ccccc3s2)cc1C. The maximum atomic E-state index is 12.4. The van der Waals surface area contributed by atoms with E-state index in [-0.39, 0.29) is 5.78 Å². The van der Waals surface area contributed by atoms with Gasteiger partial charge in [-0.05, 0) is 36.2 Å². The second kappa shape index (κ2) is 5.66. The molecule has 2 aromatic carbocycles. The lowest BCUT2D eigenvalue weighted by Gasteiger charge is -2.06. The van der Waals surface area contributed by atoms with Crippen molar-refractivity contribution in [3.63, 3.8) is 0 Å². The molecule has 21 heavy (non-hydrogen) atoms. The van der Waals surface area contributed by atoms with E-state index in [1.807, 2.05) is 49.4 Å². The fraction of sp³-hybridized carbons (Fsp3) is 0.176. The zero-order valence-electron chi connectivity index (χ0n) is 11.9. The average molecular weight is 297 g/mol. The lowest BCUT2D eigenvalue weighted by molar-refractivity contribution is 0.0993. The number of carbonyl (C=O) groups is 1. The van der Waals surface area contributed by atoms with Crippen LogP contribution in [0.2, 0.25) is 0 Å². The van der Waals surface area contributed by atoms with Crippen molar-refractivity contribution in [1.29, 1.82) is 0 Å². The normalized spacial score (nSPS) is 10.8. The fourth-order valence-electron chi connectivity index (χ4n) is 2.30. The summed E-state index contributed by atoms with van der Waals surface area (Å²) in [6, 6.07) is 13.6. The molecule has 0 saturated heterocycles. The summed E-state index contributed by atoms with van der Waals surface area (Å²) in [4.78, 5) is 16.8. The van der Waals surface area contributed by atoms with Crippen LogP contribution in [-0.4, -0.2) is 17.9 Å². The molecule has 0 radical (unpaired) electrons. The second-order valence-corrected chi connectivity index (χ2v) is 5.92. The number of nitrogens with zero attached hydrogens (tertiary/aromatic N) is 1. The Labute approximate surface area is 127 Å². The molecule has 0 bridgehead atoms. The minimum atomic E-state index is 0.0563. The molecule has 3 nitrogen and oxygen atoms in total. The van der Waals surface area contributed by atoms with Crippen LogP contribution < -0.4 is 4.74 Å². The van der Waals surface area contributed by atoms with Crippen molar-refractivity contribution in [1.82, 2.24) is 4.98 Å². The van der Waals surface area contributed by atoms with Crippen LogP contribution in [0.15, 0.2) is 42.5 Å². The van der Waals surface area contributed by atoms with Crippen molar-refractivity contribution in [2.75, 3.05) is 7.11 Å². The zero-order chi connectivity index (χ0) is 14.8. The Bertz CT molecular complexity index is 774. The molecule has 0 saturated carbocycles. The summed E-state index contributed by atoms with van der Waals surface area (Å²) in [7, 11) is 1.65. The average Bonchev–Trinajstić information content (AvgIpc) is 2.91. The maximum Gasteiger partial charge on any atom is 0.195 e. The molecule has 106 valence electrons. The first-order valence-corrected chi connectivity index (χ1v) is 7.51. The Hall–Kier alpha value is -2.20. The topological polar surface area (TPSA) is 39.2 Å². The van der Waals surface area contributed by atoms with Gasteiger partial charge in [0.25, 0.3) is 0 Å². The van der Waals surface area contributed by atoms with E-state index in [0.717, 1.165) is 27.1 Å². The van der Waals surface area contributed by atoms with Gasteiger partial charge in [0.1, 0.15) is 5.75 Å². The molecule has 0 N–H and O–H groups in total. The van der Waals surface area contributed by atoms with E-state index in [1.54, 1.807) is 7.11 Å². The van der Waals surface area contributed by atoms with Gasteiger partial charge in [0.05, 0.1) is 17.3 Å². The minimum absolute atomic E-state index is 0.0563. The summed E-state index contributed by atoms with van der Waals surface area (Å²) in [6.45, 7) is 1.98. The molecule has 0 spiro atoms. The van der Waals surface area contributed by atoms with Crippen LogP contribution in [0.4, 0.5) is 0 Å². The van der Waals surface area contributed by atoms with Crippen molar-refractivity contribution >= 4 is 27.3 Å². The second-order valence-electron chi connectivity index (χ2n) is 4.89. The molecular formula is C17H15NO2S. The summed E-state index contributed by atoms with van der Waals surface area (Å²) < 4.78 is 6.28. The molecule has 4 heteroatoms. The summed E-state index contributed by atoms with van der Waals surface area (Å²) in [5.41, 5.74) is 2.90. The van der Waals surface area contributed by atoms with Gasteiger partial charge < -0.3 is 4.74 Å². The number of Topliss-reactive ketones (excluding diaryl/α,β-unsaturated/α-hetero) is 1. The molecule has 1 heterocycles. The number of rotatable bonds is 4. The number of ketones is 1. The van der Waals surface area contributed by atoms with Crippen LogP contribution in [0.5, 0.6) is 5.75 Å². The van der Waals surface area contributed by atoms with E-state index < -0.39 is 0 Å². The first-order chi connectivity index (χ1) is 10.2. The lowest BCUT2D eigenvalue weighted by Crippen LogP contribution is -2.03. The van der Waals surface area contributed by atoms with Crippen molar-refractivity contribution in [2.24, 2.45) is 0 Å². The van der Waals surface area contributed by atoms with Gasteiger partial charge in [0.15, 0.2) is 10.8 Å². The quantitative estimate of drug-likeness (QED) is 0.682. The van der Waals surface area contributed by atoms with Gasteiger partial charge in [-0.2, -0.15) is 0 Å². The van der Waals surface area contributed by atoms with E-state index >= 15 is 0 Å². The van der Waals surface area contributed by atoms with Gasteiger partial charge in [-0.15, -0.1) is 11.3 Å². The third-order valence-electron chi connectivity index (χ3n) is 3.36. The van der Waals surface area contributed by atoms with Crippen molar-refractivity contribution in [3.05, 3.63) is 58.6 Å². The number of hydrogen-bond acceptors (Lipinski definition) is 4. The van der Waals surface area contributed by atoms with E-state index in [0.29, 0.717) is 11.4 Å². The van der Waals surface area contributed by atoms with E-state index in [1.165, 1.54) is 11.3 Å². The molecular weight excluding hydrogens is 282 g/mol. The monoisotopic (exact) mass is 297 g/mol.